The number of carbonyl (C=O) groups excluding carboxylic acids is 14. The maximum absolute atomic E-state index is 16.2. The van der Waals surface area contributed by atoms with Crippen molar-refractivity contribution in [2.75, 3.05) is 75.8 Å². The van der Waals surface area contributed by atoms with Crippen LogP contribution in [-0.2, 0) is 75.3 Å². The molecule has 119 heavy (non-hydrogen) atoms. The second kappa shape index (κ2) is 46.3. The van der Waals surface area contributed by atoms with Gasteiger partial charge in [0.05, 0.1) is 40.6 Å². The van der Waals surface area contributed by atoms with Crippen LogP contribution in [0, 0.1) is 43.2 Å². The Morgan fingerprint density at radius 3 is 1.87 bits per heavy atom. The number of nitrogens with one attached hydrogen (secondary N) is 12. The van der Waals surface area contributed by atoms with Crippen molar-refractivity contribution in [1.29, 1.82) is 0 Å². The number of esters is 1. The lowest BCUT2D eigenvalue weighted by molar-refractivity contribution is -0.153. The number of amides is 14. The molecule has 2 unspecified atom stereocenters. The number of urea groups is 1. The van der Waals surface area contributed by atoms with E-state index in [1.54, 1.807) is 58.0 Å². The van der Waals surface area contributed by atoms with Crippen molar-refractivity contribution in [2.24, 2.45) is 40.7 Å². The number of likely N-dealkylation sites (N-methyl/N-ethyl adjacent to an activating group) is 1. The number of aliphatic hydroxyl groups is 2. The number of imide groups is 1. The monoisotopic (exact) mass is 1670 g/mol. The highest BCUT2D eigenvalue weighted by Gasteiger charge is 2.43. The molecule has 1 saturated heterocycles. The molecule has 13 atom stereocenters. The molecule has 36 nitrogen and oxygen atoms in total. The highest BCUT2D eigenvalue weighted by Crippen LogP contribution is 2.41. The zero-order valence-electron chi connectivity index (χ0n) is 69.2. The summed E-state index contributed by atoms with van der Waals surface area (Å²) < 4.78 is 36.9. The van der Waals surface area contributed by atoms with Gasteiger partial charge in [-0.2, -0.15) is 0 Å². The van der Waals surface area contributed by atoms with Crippen LogP contribution in [0.4, 0.5) is 25.0 Å². The fourth-order valence-corrected chi connectivity index (χ4v) is 13.6. The molecule has 2 aliphatic rings. The van der Waals surface area contributed by atoms with Crippen LogP contribution in [-0.4, -0.2) is 236 Å². The van der Waals surface area contributed by atoms with Crippen molar-refractivity contribution in [3.8, 4) is 0 Å². The summed E-state index contributed by atoms with van der Waals surface area (Å²) >= 11 is 0. The normalized spacial score (nSPS) is 20.5. The second-order valence-corrected chi connectivity index (χ2v) is 30.0. The van der Waals surface area contributed by atoms with E-state index in [2.05, 4.69) is 68.4 Å². The second-order valence-electron chi connectivity index (χ2n) is 30.0. The molecule has 22 N–H and O–H groups in total. The van der Waals surface area contributed by atoms with Gasteiger partial charge in [0.1, 0.15) is 72.6 Å². The molecule has 1 fully saturated rings. The molecule has 14 amide bonds. The topological polar surface area (TPSA) is 551 Å². The zero-order valence-corrected chi connectivity index (χ0v) is 69.2. The van der Waals surface area contributed by atoms with E-state index in [0.29, 0.717) is 41.2 Å². The number of H-pyrrole nitrogens is 1. The van der Waals surface area contributed by atoms with E-state index < -0.39 is 192 Å². The molecule has 652 valence electrons. The summed E-state index contributed by atoms with van der Waals surface area (Å²) in [4.78, 5) is 207. The fraction of sp³-hybridized carbons (Fsp3) is 0.531. The summed E-state index contributed by atoms with van der Waals surface area (Å²) in [6.45, 7) is 16.4. The number of para-hydroxylation sites is 1. The van der Waals surface area contributed by atoms with Crippen LogP contribution in [0.1, 0.15) is 144 Å². The highest BCUT2D eigenvalue weighted by molar-refractivity contribution is 6.43. The van der Waals surface area contributed by atoms with E-state index in [0.717, 1.165) is 55.1 Å². The van der Waals surface area contributed by atoms with Crippen molar-refractivity contribution < 1.29 is 90.9 Å². The minimum Gasteiger partial charge on any atom is -0.461 e. The van der Waals surface area contributed by atoms with Gasteiger partial charge in [-0.3, -0.25) is 67.2 Å². The van der Waals surface area contributed by atoms with E-state index >= 15 is 8.78 Å². The van der Waals surface area contributed by atoms with Crippen molar-refractivity contribution >= 4 is 106 Å². The van der Waals surface area contributed by atoms with Crippen molar-refractivity contribution in [1.82, 2.24) is 68.4 Å². The first-order valence-corrected chi connectivity index (χ1v) is 39.9. The summed E-state index contributed by atoms with van der Waals surface area (Å²) in [5.41, 5.74) is 25.1. The Hall–Kier alpha value is -11.2. The van der Waals surface area contributed by atoms with Gasteiger partial charge in [0.15, 0.2) is 0 Å². The molecule has 38 heteroatoms. The SMILES string of the molecule is CCN(CC)CCNC(=O)c1c(C)[nH]c(/C=C2\C(=O)N(C(=O)N(C)c3c(F)cccc3COC(=O)C(C)C(C)C(=O)N[C@H](C(=O)N[C@H](CCN)C(=O)N[C@H]3CCNC(=O)[C@@H]([C@@H](C)O)NC(=O)[C@@H](CCN)NC(=O)[C@@H](CCN)NC(=O)[C@@H](CC(C)C)NC(=O)[C@@H](Cc4ccccc4)NC(=O)[C@@H](CCCN)NC3=O)[C@@H](C)O)c3ccc(F)cc32)c1C. The lowest BCUT2D eigenvalue weighted by Gasteiger charge is -2.29. The number of benzene rings is 3. The molecule has 2 aliphatic heterocycles. The Bertz CT molecular complexity index is 4290. The van der Waals surface area contributed by atoms with Gasteiger partial charge in [-0.15, -0.1) is 0 Å². The van der Waals surface area contributed by atoms with Crippen LogP contribution in [0.5, 0.6) is 0 Å². The number of aromatic amines is 1. The first-order chi connectivity index (χ1) is 56.4. The first kappa shape index (κ1) is 96.7. The smallest absolute Gasteiger partial charge is 0.335 e. The number of halogens is 2. The lowest BCUT2D eigenvalue weighted by Crippen LogP contribution is -2.61. The number of nitrogens with zero attached hydrogens (tertiary/aromatic N) is 3. The quantitative estimate of drug-likeness (QED) is 0.0204. The Kier molecular flexibility index (Phi) is 37.6. The van der Waals surface area contributed by atoms with Gasteiger partial charge in [0.25, 0.3) is 11.8 Å². The molecule has 6 rings (SSSR count). The average Bonchev–Trinajstić information content (AvgIpc) is 1.60. The van der Waals surface area contributed by atoms with Crippen LogP contribution in [0.25, 0.3) is 11.6 Å². The number of ether oxygens (including phenoxy) is 1. The molecule has 0 aliphatic carbocycles. The summed E-state index contributed by atoms with van der Waals surface area (Å²) in [5, 5.41) is 50.3. The summed E-state index contributed by atoms with van der Waals surface area (Å²) in [6.07, 6.45) is -3.47. The summed E-state index contributed by atoms with van der Waals surface area (Å²) in [5.74, 6) is -17.0. The van der Waals surface area contributed by atoms with Crippen LogP contribution < -0.4 is 91.2 Å². The number of aromatic nitrogens is 1. The van der Waals surface area contributed by atoms with E-state index in [1.165, 1.54) is 45.0 Å². The van der Waals surface area contributed by atoms with Crippen molar-refractivity contribution in [3.05, 3.63) is 118 Å². The van der Waals surface area contributed by atoms with Gasteiger partial charge in [0, 0.05) is 61.5 Å². The van der Waals surface area contributed by atoms with Crippen LogP contribution in [0.2, 0.25) is 0 Å². The Balaban J connectivity index is 1.21. The number of anilines is 2. The minimum absolute atomic E-state index is 0.00897. The number of aliphatic hydroxyl groups excluding tert-OH is 2. The van der Waals surface area contributed by atoms with E-state index in [9.17, 15) is 77.3 Å². The number of hydrogen-bond donors (Lipinski definition) is 18. The fourth-order valence-electron chi connectivity index (χ4n) is 13.6. The van der Waals surface area contributed by atoms with Gasteiger partial charge < -0.3 is 106 Å². The molecule has 3 heterocycles. The van der Waals surface area contributed by atoms with E-state index in [1.807, 2.05) is 13.8 Å². The van der Waals surface area contributed by atoms with E-state index in [-0.39, 0.29) is 105 Å². The third-order valence-electron chi connectivity index (χ3n) is 20.7. The standard InChI is InChI=1S/C81H117F2N19O17/c1-12-101(13-2)36-35-89-76(113)64-45(7)60(90-46(64)8)40-53-52-39-51(82)24-25-63(52)102(79(53)116)81(118)100(11)67-50(21-17-22-54(67)83)41-119-80(117)44(6)43(5)68(105)98-66(48(10)104)78(115)95-57(27-32-86)71(108)94-59-29-34-88-77(114)65(47(9)103)99-73(110)58(28-33-87)92-70(107)56(26-31-85)93-74(111)61(37-42(3)4)96-75(112)62(38-49-19-15-14-16-20-49)97-69(106)55(23-18-30-84)91-72(59)109/h14-17,19-22,24-25,39-40,42-44,47-48,55-59,61-62,65-66,90,103-104H,12-13,18,23,26-38,41,84-87H2,1-11H3,(H,88,114)(H,89,113)(H,91,109)(H,92,107)(H,93,111)(H,94,108)(H,95,115)(H,96,112)(H,97,106)(H,98,105)(H,99,110)/b53-40-/t43?,44?,47-,48-,55-,56-,57-,58-,59+,61-,62-,65-,66+/m1/s1. The van der Waals surface area contributed by atoms with Crippen LogP contribution >= 0.6 is 0 Å². The molecule has 3 aromatic carbocycles. The zero-order chi connectivity index (χ0) is 88.2. The molecule has 0 spiro atoms. The average molecular weight is 1670 g/mol. The molecular weight excluding hydrogens is 1550 g/mol. The van der Waals surface area contributed by atoms with Gasteiger partial charge in [-0.1, -0.05) is 84.0 Å². The molecule has 0 radical (unpaired) electrons. The first-order valence-electron chi connectivity index (χ1n) is 39.9. The Labute approximate surface area is 690 Å². The van der Waals surface area contributed by atoms with Crippen LogP contribution in [0.3, 0.4) is 0 Å². The molecule has 0 bridgehead atoms. The minimum atomic E-state index is -1.88. The molecule has 4 aromatic rings. The predicted octanol–water partition coefficient (Wildman–Crippen LogP) is -0.841. The highest BCUT2D eigenvalue weighted by atomic mass is 19.1. The van der Waals surface area contributed by atoms with Gasteiger partial charge in [0.2, 0.25) is 59.1 Å². The maximum Gasteiger partial charge on any atom is 0.335 e. The van der Waals surface area contributed by atoms with Gasteiger partial charge in [-0.05, 0) is 159 Å². The van der Waals surface area contributed by atoms with E-state index in [4.69, 9.17) is 27.7 Å². The number of fused-ring (bicyclic) bond motifs is 1. The van der Waals surface area contributed by atoms with Crippen molar-refractivity contribution in [2.45, 2.75) is 194 Å². The predicted molar refractivity (Wildman–Crippen MR) is 438 cm³/mol. The number of nitrogens with two attached hydrogens (primary N) is 4. The summed E-state index contributed by atoms with van der Waals surface area (Å²) in [6, 6.07) is -0.000451. The number of rotatable bonds is 33. The summed E-state index contributed by atoms with van der Waals surface area (Å²) in [7, 11) is 1.16. The third-order valence-corrected chi connectivity index (χ3v) is 20.7. The number of hydrogen-bond acceptors (Lipinski definition) is 22. The molecule has 1 aromatic heterocycles. The van der Waals surface area contributed by atoms with Crippen LogP contribution in [0.15, 0.2) is 66.7 Å². The maximum atomic E-state index is 16.2. The Morgan fingerprint density at radius 2 is 1.27 bits per heavy atom. The molecule has 0 saturated carbocycles. The molecular formula is C81H117F2N19O17. The van der Waals surface area contributed by atoms with Gasteiger partial charge in [-0.25, -0.2) is 18.5 Å². The largest absolute Gasteiger partial charge is 0.461 e. The Morgan fingerprint density at radius 1 is 0.672 bits per heavy atom. The van der Waals surface area contributed by atoms with Crippen molar-refractivity contribution in [3.63, 3.8) is 0 Å². The lowest BCUT2D eigenvalue weighted by atomic mass is 9.94. The third kappa shape index (κ3) is 26.7. The number of carbonyl (C=O) groups is 14. The number of aryl methyl sites for hydroxylation is 1. The van der Waals surface area contributed by atoms with Gasteiger partial charge >= 0.3 is 12.0 Å².